The number of methoxy groups -OCH3 is 1. The smallest absolute Gasteiger partial charge is 0.119 e. The van der Waals surface area contributed by atoms with Crippen LogP contribution in [0.4, 0.5) is 0 Å². The Kier molecular flexibility index (Phi) is 7.25. The first-order valence-electron chi connectivity index (χ1n) is 7.87. The van der Waals surface area contributed by atoms with Gasteiger partial charge in [0.15, 0.2) is 0 Å². The van der Waals surface area contributed by atoms with E-state index in [2.05, 4.69) is 30.0 Å². The van der Waals surface area contributed by atoms with Crippen LogP contribution in [0.3, 0.4) is 0 Å². The molecule has 1 saturated heterocycles. The van der Waals surface area contributed by atoms with Gasteiger partial charge in [0, 0.05) is 13.0 Å². The van der Waals surface area contributed by atoms with Gasteiger partial charge < -0.3 is 4.74 Å². The standard InChI is InChI=1S/C16H22N2O.C2H6/c1-16(6-9-17)7-10-18(11-8-16)13-14-4-3-5-15(12-14)19-2;1-2/h3-5,12H,6-8,10-11,13H2,1-2H3;1-2H3. The van der Waals surface area contributed by atoms with Crippen molar-refractivity contribution < 1.29 is 4.74 Å². The third-order valence-corrected chi connectivity index (χ3v) is 4.11. The van der Waals surface area contributed by atoms with Crippen molar-refractivity contribution in [2.45, 2.75) is 46.6 Å². The van der Waals surface area contributed by atoms with Gasteiger partial charge >= 0.3 is 0 Å². The van der Waals surface area contributed by atoms with Crippen molar-refractivity contribution in [2.75, 3.05) is 20.2 Å². The molecule has 1 fully saturated rings. The Morgan fingerprint density at radius 1 is 1.29 bits per heavy atom. The van der Waals surface area contributed by atoms with Gasteiger partial charge in [-0.2, -0.15) is 5.26 Å². The van der Waals surface area contributed by atoms with E-state index in [1.54, 1.807) is 7.11 Å². The number of nitrogens with zero attached hydrogens (tertiary/aromatic N) is 2. The minimum atomic E-state index is 0.222. The lowest BCUT2D eigenvalue weighted by molar-refractivity contribution is 0.116. The molecular weight excluding hydrogens is 260 g/mol. The quantitative estimate of drug-likeness (QED) is 0.831. The van der Waals surface area contributed by atoms with E-state index in [1.165, 1.54) is 5.56 Å². The first kappa shape index (κ1) is 17.5. The van der Waals surface area contributed by atoms with Crippen LogP contribution in [0.2, 0.25) is 0 Å². The van der Waals surface area contributed by atoms with Crippen LogP contribution in [-0.4, -0.2) is 25.1 Å². The number of nitriles is 1. The van der Waals surface area contributed by atoms with Crippen molar-refractivity contribution in [3.05, 3.63) is 29.8 Å². The van der Waals surface area contributed by atoms with E-state index in [-0.39, 0.29) is 5.41 Å². The molecule has 3 heteroatoms. The summed E-state index contributed by atoms with van der Waals surface area (Å²) in [4.78, 5) is 2.47. The molecule has 0 atom stereocenters. The predicted octanol–water partition coefficient (Wildman–Crippen LogP) is 4.24. The van der Waals surface area contributed by atoms with Gasteiger partial charge in [-0.15, -0.1) is 0 Å². The van der Waals surface area contributed by atoms with Crippen LogP contribution in [0.1, 0.15) is 45.6 Å². The van der Waals surface area contributed by atoms with Crippen molar-refractivity contribution >= 4 is 0 Å². The molecule has 21 heavy (non-hydrogen) atoms. The molecule has 0 saturated carbocycles. The van der Waals surface area contributed by atoms with E-state index in [4.69, 9.17) is 10.00 Å². The van der Waals surface area contributed by atoms with Crippen LogP contribution in [0, 0.1) is 16.7 Å². The second-order valence-electron chi connectivity index (χ2n) is 5.77. The largest absolute Gasteiger partial charge is 0.497 e. The molecule has 1 aromatic rings. The lowest BCUT2D eigenvalue weighted by Crippen LogP contribution is -2.38. The van der Waals surface area contributed by atoms with Gasteiger partial charge in [-0.05, 0) is 49.0 Å². The van der Waals surface area contributed by atoms with Gasteiger partial charge in [-0.3, -0.25) is 4.90 Å². The van der Waals surface area contributed by atoms with E-state index >= 15 is 0 Å². The maximum Gasteiger partial charge on any atom is 0.119 e. The second kappa shape index (κ2) is 8.69. The first-order valence-corrected chi connectivity index (χ1v) is 7.87. The molecule has 0 amide bonds. The lowest BCUT2D eigenvalue weighted by Gasteiger charge is -2.38. The third-order valence-electron chi connectivity index (χ3n) is 4.11. The summed E-state index contributed by atoms with van der Waals surface area (Å²) < 4.78 is 5.25. The summed E-state index contributed by atoms with van der Waals surface area (Å²) in [5, 5.41) is 8.86. The predicted molar refractivity (Wildman–Crippen MR) is 87.2 cm³/mol. The fraction of sp³-hybridized carbons (Fsp3) is 0.611. The molecule has 1 aliphatic heterocycles. The molecule has 0 bridgehead atoms. The number of piperidine rings is 1. The molecule has 116 valence electrons. The van der Waals surface area contributed by atoms with E-state index in [0.717, 1.165) is 38.2 Å². The molecule has 0 spiro atoms. The zero-order valence-corrected chi connectivity index (χ0v) is 13.9. The normalized spacial score (nSPS) is 17.3. The van der Waals surface area contributed by atoms with Crippen LogP contribution in [-0.2, 0) is 6.54 Å². The first-order chi connectivity index (χ1) is 10.1. The maximum absolute atomic E-state index is 8.86. The zero-order chi connectivity index (χ0) is 15.7. The Balaban J connectivity index is 0.00000106. The monoisotopic (exact) mass is 288 g/mol. The number of ether oxygens (including phenoxy) is 1. The van der Waals surface area contributed by atoms with Gasteiger partial charge in [0.25, 0.3) is 0 Å². The van der Waals surface area contributed by atoms with Crippen molar-refractivity contribution in [3.63, 3.8) is 0 Å². The highest BCUT2D eigenvalue weighted by Gasteiger charge is 2.29. The van der Waals surface area contributed by atoms with Crippen molar-refractivity contribution in [2.24, 2.45) is 5.41 Å². The van der Waals surface area contributed by atoms with Crippen LogP contribution >= 0.6 is 0 Å². The highest BCUT2D eigenvalue weighted by Crippen LogP contribution is 2.34. The summed E-state index contributed by atoms with van der Waals surface area (Å²) in [7, 11) is 1.70. The van der Waals surface area contributed by atoms with Crippen LogP contribution in [0.15, 0.2) is 24.3 Å². The summed E-state index contributed by atoms with van der Waals surface area (Å²) in [6, 6.07) is 10.6. The number of hydrogen-bond acceptors (Lipinski definition) is 3. The third kappa shape index (κ3) is 5.40. The van der Waals surface area contributed by atoms with Gasteiger partial charge in [0.05, 0.1) is 13.2 Å². The summed E-state index contributed by atoms with van der Waals surface area (Å²) in [6.45, 7) is 9.36. The van der Waals surface area contributed by atoms with Gasteiger partial charge in [-0.25, -0.2) is 0 Å². The molecule has 0 aromatic heterocycles. The topological polar surface area (TPSA) is 36.3 Å². The molecular formula is C18H28N2O. The Bertz CT molecular complexity index is 457. The van der Waals surface area contributed by atoms with E-state index < -0.39 is 0 Å². The lowest BCUT2D eigenvalue weighted by atomic mass is 9.78. The molecule has 2 rings (SSSR count). The van der Waals surface area contributed by atoms with Gasteiger partial charge in [0.2, 0.25) is 0 Å². The van der Waals surface area contributed by atoms with Crippen molar-refractivity contribution in [1.29, 1.82) is 5.26 Å². The van der Waals surface area contributed by atoms with Gasteiger partial charge in [-0.1, -0.05) is 32.9 Å². The fourth-order valence-electron chi connectivity index (χ4n) is 2.65. The summed E-state index contributed by atoms with van der Waals surface area (Å²) in [5.74, 6) is 0.920. The van der Waals surface area contributed by atoms with E-state index in [0.29, 0.717) is 6.42 Å². The summed E-state index contributed by atoms with van der Waals surface area (Å²) >= 11 is 0. The maximum atomic E-state index is 8.86. The molecule has 1 heterocycles. The number of likely N-dealkylation sites (tertiary alicyclic amines) is 1. The number of benzene rings is 1. The Hall–Kier alpha value is -1.53. The fourth-order valence-corrected chi connectivity index (χ4v) is 2.65. The summed E-state index contributed by atoms with van der Waals surface area (Å²) in [6.07, 6.45) is 2.91. The number of rotatable bonds is 4. The molecule has 1 aromatic carbocycles. The van der Waals surface area contributed by atoms with Crippen molar-refractivity contribution in [3.8, 4) is 11.8 Å². The highest BCUT2D eigenvalue weighted by molar-refractivity contribution is 5.28. The minimum absolute atomic E-state index is 0.222. The molecule has 1 aliphatic rings. The highest BCUT2D eigenvalue weighted by atomic mass is 16.5. The van der Waals surface area contributed by atoms with Crippen molar-refractivity contribution in [1.82, 2.24) is 4.90 Å². The molecule has 3 nitrogen and oxygen atoms in total. The van der Waals surface area contributed by atoms with Crippen LogP contribution < -0.4 is 4.74 Å². The Labute approximate surface area is 129 Å². The minimum Gasteiger partial charge on any atom is -0.497 e. The zero-order valence-electron chi connectivity index (χ0n) is 13.9. The number of hydrogen-bond donors (Lipinski definition) is 0. The van der Waals surface area contributed by atoms with E-state index in [9.17, 15) is 0 Å². The molecule has 0 aliphatic carbocycles. The van der Waals surface area contributed by atoms with Crippen LogP contribution in [0.25, 0.3) is 0 Å². The SMILES string of the molecule is CC.COc1cccc(CN2CCC(C)(CC#N)CC2)c1. The Morgan fingerprint density at radius 3 is 2.52 bits per heavy atom. The average Bonchev–Trinajstić information content (AvgIpc) is 2.52. The second-order valence-corrected chi connectivity index (χ2v) is 5.77. The van der Waals surface area contributed by atoms with Crippen LogP contribution in [0.5, 0.6) is 5.75 Å². The summed E-state index contributed by atoms with van der Waals surface area (Å²) in [5.41, 5.74) is 1.52. The Morgan fingerprint density at radius 2 is 1.95 bits per heavy atom. The van der Waals surface area contributed by atoms with E-state index in [1.807, 2.05) is 26.0 Å². The molecule has 0 radical (unpaired) electrons. The van der Waals surface area contributed by atoms with Gasteiger partial charge in [0.1, 0.15) is 5.75 Å². The molecule has 0 N–H and O–H groups in total. The average molecular weight is 288 g/mol. The molecule has 0 unspecified atom stereocenters.